The Bertz CT molecular complexity index is 705. The normalized spacial score (nSPS) is 11.0. The van der Waals surface area contributed by atoms with Crippen molar-refractivity contribution in [3.05, 3.63) is 88.3 Å². The lowest BCUT2D eigenvalue weighted by molar-refractivity contribution is 0.333. The third-order valence-corrected chi connectivity index (χ3v) is 3.62. The van der Waals surface area contributed by atoms with Crippen molar-refractivity contribution < 1.29 is 8.94 Å². The van der Waals surface area contributed by atoms with Crippen LogP contribution in [0.25, 0.3) is 0 Å². The van der Waals surface area contributed by atoms with Gasteiger partial charge in [-0.25, -0.2) is 4.79 Å². The van der Waals surface area contributed by atoms with Crippen molar-refractivity contribution in [2.75, 3.05) is 0 Å². The molecule has 0 amide bonds. The summed E-state index contributed by atoms with van der Waals surface area (Å²) in [7, 11) is 0. The van der Waals surface area contributed by atoms with Crippen molar-refractivity contribution in [2.45, 2.75) is 19.3 Å². The second-order valence-corrected chi connectivity index (χ2v) is 5.38. The van der Waals surface area contributed by atoms with E-state index in [1.165, 1.54) is 11.1 Å². The summed E-state index contributed by atoms with van der Waals surface area (Å²) in [5.41, 5.74) is 2.52. The van der Waals surface area contributed by atoms with Crippen molar-refractivity contribution in [3.8, 4) is 0 Å². The molecule has 4 heteroatoms. The third-order valence-electron chi connectivity index (χ3n) is 3.62. The Labute approximate surface area is 128 Å². The number of rotatable bonds is 6. The molecule has 0 atom stereocenters. The summed E-state index contributed by atoms with van der Waals surface area (Å²) in [4.78, 5) is 11.0. The average molecular weight is 295 g/mol. The van der Waals surface area contributed by atoms with Gasteiger partial charge in [0.15, 0.2) is 0 Å². The van der Waals surface area contributed by atoms with Crippen LogP contribution in [0.15, 0.2) is 74.4 Å². The van der Waals surface area contributed by atoms with Crippen molar-refractivity contribution >= 4 is 0 Å². The summed E-state index contributed by atoms with van der Waals surface area (Å²) in [6, 6.07) is 20.6. The van der Waals surface area contributed by atoms with Gasteiger partial charge in [-0.05, 0) is 35.0 Å². The SMILES string of the molecule is O=c1onc(CC(Cc2ccccc2)Cc2ccccc2)o1. The molecule has 0 aliphatic heterocycles. The molecule has 0 aliphatic carbocycles. The van der Waals surface area contributed by atoms with Crippen LogP contribution in [0.1, 0.15) is 17.0 Å². The summed E-state index contributed by atoms with van der Waals surface area (Å²) in [6.45, 7) is 0. The molecule has 0 fully saturated rings. The predicted molar refractivity (Wildman–Crippen MR) is 82.5 cm³/mol. The second-order valence-electron chi connectivity index (χ2n) is 5.38. The minimum Gasteiger partial charge on any atom is -0.375 e. The van der Waals surface area contributed by atoms with Crippen LogP contribution in [-0.4, -0.2) is 5.16 Å². The number of hydrogen-bond donors (Lipinski definition) is 0. The van der Waals surface area contributed by atoms with Crippen molar-refractivity contribution in [2.24, 2.45) is 5.92 Å². The summed E-state index contributed by atoms with van der Waals surface area (Å²) in [5.74, 6) is -0.0897. The highest BCUT2D eigenvalue weighted by molar-refractivity contribution is 5.19. The Morgan fingerprint density at radius 2 is 1.36 bits per heavy atom. The fourth-order valence-electron chi connectivity index (χ4n) is 2.66. The highest BCUT2D eigenvalue weighted by atomic mass is 16.6. The van der Waals surface area contributed by atoms with E-state index >= 15 is 0 Å². The number of benzene rings is 2. The highest BCUT2D eigenvalue weighted by Gasteiger charge is 2.16. The lowest BCUT2D eigenvalue weighted by atomic mass is 9.90. The van der Waals surface area contributed by atoms with Crippen LogP contribution in [0.4, 0.5) is 0 Å². The third kappa shape index (κ3) is 3.95. The fourth-order valence-corrected chi connectivity index (χ4v) is 2.66. The van der Waals surface area contributed by atoms with Crippen molar-refractivity contribution in [1.29, 1.82) is 0 Å². The quantitative estimate of drug-likeness (QED) is 0.700. The van der Waals surface area contributed by atoms with Crippen LogP contribution in [0.5, 0.6) is 0 Å². The molecule has 22 heavy (non-hydrogen) atoms. The molecule has 0 spiro atoms. The first kappa shape index (κ1) is 14.3. The molecule has 112 valence electrons. The van der Waals surface area contributed by atoms with E-state index in [9.17, 15) is 4.79 Å². The van der Waals surface area contributed by atoms with Gasteiger partial charge in [-0.1, -0.05) is 60.7 Å². The zero-order valence-electron chi connectivity index (χ0n) is 12.1. The summed E-state index contributed by atoms with van der Waals surface area (Å²) >= 11 is 0. The molecule has 3 aromatic rings. The van der Waals surface area contributed by atoms with Gasteiger partial charge in [-0.15, -0.1) is 0 Å². The maximum atomic E-state index is 11.0. The summed E-state index contributed by atoms with van der Waals surface area (Å²) in [6.07, 6.45) is 2.37. The minimum absolute atomic E-state index is 0.290. The van der Waals surface area contributed by atoms with Crippen LogP contribution in [0.2, 0.25) is 0 Å². The maximum absolute atomic E-state index is 11.0. The lowest BCUT2D eigenvalue weighted by Crippen LogP contribution is -2.12. The molecule has 0 bridgehead atoms. The van der Waals surface area contributed by atoms with Gasteiger partial charge in [-0.3, -0.25) is 4.52 Å². The van der Waals surface area contributed by atoms with Gasteiger partial charge in [0.1, 0.15) is 0 Å². The first-order valence-corrected chi connectivity index (χ1v) is 7.33. The van der Waals surface area contributed by atoms with E-state index in [2.05, 4.69) is 33.9 Å². The molecule has 0 radical (unpaired) electrons. The maximum Gasteiger partial charge on any atom is 0.542 e. The molecule has 0 aliphatic rings. The van der Waals surface area contributed by atoms with Gasteiger partial charge in [0.25, 0.3) is 0 Å². The van der Waals surface area contributed by atoms with E-state index in [1.54, 1.807) is 0 Å². The van der Waals surface area contributed by atoms with Gasteiger partial charge in [-0.2, -0.15) is 0 Å². The lowest BCUT2D eigenvalue weighted by Gasteiger charge is -2.15. The van der Waals surface area contributed by atoms with Crippen LogP contribution in [-0.2, 0) is 19.3 Å². The van der Waals surface area contributed by atoms with Gasteiger partial charge in [0.2, 0.25) is 5.89 Å². The minimum atomic E-state index is -0.742. The molecule has 0 unspecified atom stereocenters. The van der Waals surface area contributed by atoms with Gasteiger partial charge in [0.05, 0.1) is 0 Å². The molecule has 1 aromatic heterocycles. The molecule has 2 aromatic carbocycles. The molecular weight excluding hydrogens is 278 g/mol. The van der Waals surface area contributed by atoms with Crippen LogP contribution in [0, 0.1) is 5.92 Å². The van der Waals surface area contributed by atoms with Gasteiger partial charge < -0.3 is 4.42 Å². The van der Waals surface area contributed by atoms with E-state index in [1.807, 2.05) is 36.4 Å². The van der Waals surface area contributed by atoms with Gasteiger partial charge in [0, 0.05) is 6.42 Å². The van der Waals surface area contributed by atoms with Crippen LogP contribution in [0.3, 0.4) is 0 Å². The van der Waals surface area contributed by atoms with Crippen molar-refractivity contribution in [1.82, 2.24) is 5.16 Å². The Kier molecular flexibility index (Phi) is 4.49. The number of hydrogen-bond acceptors (Lipinski definition) is 4. The summed E-state index contributed by atoms with van der Waals surface area (Å²) in [5, 5.41) is 3.68. The topological polar surface area (TPSA) is 56.2 Å². The first-order chi connectivity index (χ1) is 10.8. The standard InChI is InChI=1S/C18H17NO3/c20-18-21-17(19-22-18)13-16(11-14-7-3-1-4-8-14)12-15-9-5-2-6-10-15/h1-10,16H,11-13H2. The second kappa shape index (κ2) is 6.89. The van der Waals surface area contributed by atoms with Crippen molar-refractivity contribution in [3.63, 3.8) is 0 Å². The molecule has 0 N–H and O–H groups in total. The largest absolute Gasteiger partial charge is 0.542 e. The molecule has 0 saturated carbocycles. The zero-order valence-corrected chi connectivity index (χ0v) is 12.1. The molecule has 3 rings (SSSR count). The van der Waals surface area contributed by atoms with E-state index < -0.39 is 5.82 Å². The number of aromatic nitrogens is 1. The Balaban J connectivity index is 1.76. The Morgan fingerprint density at radius 3 is 1.82 bits per heavy atom. The molecular formula is C18H17NO3. The Morgan fingerprint density at radius 1 is 0.818 bits per heavy atom. The monoisotopic (exact) mass is 295 g/mol. The van der Waals surface area contributed by atoms with Gasteiger partial charge >= 0.3 is 5.82 Å². The highest BCUT2D eigenvalue weighted by Crippen LogP contribution is 2.18. The predicted octanol–water partition coefficient (Wildman–Crippen LogP) is 3.27. The smallest absolute Gasteiger partial charge is 0.375 e. The van der Waals surface area contributed by atoms with E-state index in [4.69, 9.17) is 4.42 Å². The average Bonchev–Trinajstić information content (AvgIpc) is 2.94. The van der Waals surface area contributed by atoms with Crippen LogP contribution >= 0.6 is 0 Å². The van der Waals surface area contributed by atoms with E-state index in [-0.39, 0.29) is 5.92 Å². The number of nitrogens with zero attached hydrogens (tertiary/aromatic N) is 1. The molecule has 0 saturated heterocycles. The van der Waals surface area contributed by atoms with E-state index in [0.29, 0.717) is 12.3 Å². The molecule has 4 nitrogen and oxygen atoms in total. The first-order valence-electron chi connectivity index (χ1n) is 7.33. The molecule has 1 heterocycles. The summed E-state index contributed by atoms with van der Waals surface area (Å²) < 4.78 is 9.45. The van der Waals surface area contributed by atoms with Crippen LogP contribution < -0.4 is 5.82 Å². The zero-order chi connectivity index (χ0) is 15.2. The fraction of sp³-hybridized carbons (Fsp3) is 0.222. The Hall–Kier alpha value is -2.62. The van der Waals surface area contributed by atoms with E-state index in [0.717, 1.165) is 12.8 Å².